The van der Waals surface area contributed by atoms with Gasteiger partial charge in [0.25, 0.3) is 0 Å². The van der Waals surface area contributed by atoms with Crippen molar-refractivity contribution in [2.75, 3.05) is 19.8 Å². The highest BCUT2D eigenvalue weighted by molar-refractivity contribution is 5.92. The summed E-state index contributed by atoms with van der Waals surface area (Å²) >= 11 is 0. The lowest BCUT2D eigenvalue weighted by Gasteiger charge is -2.25. The molecule has 0 aromatic heterocycles. The Balaban J connectivity index is 0.00000408. The lowest BCUT2D eigenvalue weighted by Crippen LogP contribution is -2.41. The summed E-state index contributed by atoms with van der Waals surface area (Å²) in [4.78, 5) is 11.5. The minimum atomic E-state index is -1.13. The molecule has 3 aromatic carbocycles. The SMILES string of the molecule is CC(C)COc1cc(-c2ccc(OCCN[C@@](C)(O)c3ccccc3)cc2)ccc1C(=O)O.Cl. The first-order chi connectivity index (χ1) is 15.8. The van der Waals surface area contributed by atoms with Crippen LogP contribution in [0.2, 0.25) is 0 Å². The van der Waals surface area contributed by atoms with Gasteiger partial charge < -0.3 is 19.7 Å². The van der Waals surface area contributed by atoms with E-state index in [-0.39, 0.29) is 23.9 Å². The molecule has 3 rings (SSSR count). The van der Waals surface area contributed by atoms with Gasteiger partial charge in [-0.1, -0.05) is 62.4 Å². The summed E-state index contributed by atoms with van der Waals surface area (Å²) < 4.78 is 11.5. The van der Waals surface area contributed by atoms with Gasteiger partial charge in [-0.3, -0.25) is 5.32 Å². The van der Waals surface area contributed by atoms with Gasteiger partial charge in [-0.15, -0.1) is 12.4 Å². The van der Waals surface area contributed by atoms with Crippen LogP contribution in [0.15, 0.2) is 72.8 Å². The zero-order valence-corrected chi connectivity index (χ0v) is 20.5. The molecule has 1 atom stereocenters. The molecule has 0 saturated heterocycles. The fourth-order valence-corrected chi connectivity index (χ4v) is 3.33. The molecule has 0 aliphatic rings. The number of halogens is 1. The fourth-order valence-electron chi connectivity index (χ4n) is 3.33. The molecule has 0 radical (unpaired) electrons. The van der Waals surface area contributed by atoms with Crippen LogP contribution in [-0.4, -0.2) is 35.9 Å². The van der Waals surface area contributed by atoms with E-state index in [0.717, 1.165) is 16.7 Å². The van der Waals surface area contributed by atoms with Crippen molar-refractivity contribution in [3.63, 3.8) is 0 Å². The van der Waals surface area contributed by atoms with Crippen molar-refractivity contribution in [3.05, 3.63) is 83.9 Å². The fraction of sp³-hybridized carbons (Fsp3) is 0.296. The maximum atomic E-state index is 11.5. The second kappa shape index (κ2) is 12.4. The van der Waals surface area contributed by atoms with Crippen LogP contribution in [0, 0.1) is 5.92 Å². The van der Waals surface area contributed by atoms with Crippen LogP contribution in [-0.2, 0) is 5.72 Å². The summed E-state index contributed by atoms with van der Waals surface area (Å²) in [6.45, 7) is 7.05. The summed E-state index contributed by atoms with van der Waals surface area (Å²) in [6.07, 6.45) is 0. The first-order valence-corrected chi connectivity index (χ1v) is 11.0. The zero-order valence-electron chi connectivity index (χ0n) is 19.7. The topological polar surface area (TPSA) is 88.0 Å². The molecule has 3 aromatic rings. The number of carboxylic acid groups (broad SMARTS) is 1. The Morgan fingerprint density at radius 1 is 0.971 bits per heavy atom. The van der Waals surface area contributed by atoms with Crippen LogP contribution in [0.1, 0.15) is 36.7 Å². The molecule has 0 heterocycles. The number of benzene rings is 3. The molecule has 0 spiro atoms. The maximum Gasteiger partial charge on any atom is 0.339 e. The predicted molar refractivity (Wildman–Crippen MR) is 136 cm³/mol. The van der Waals surface area contributed by atoms with Gasteiger partial charge in [-0.25, -0.2) is 4.79 Å². The van der Waals surface area contributed by atoms with Crippen LogP contribution in [0.25, 0.3) is 11.1 Å². The van der Waals surface area contributed by atoms with Crippen LogP contribution >= 0.6 is 12.4 Å². The second-order valence-electron chi connectivity index (χ2n) is 8.46. The number of hydrogen-bond donors (Lipinski definition) is 3. The van der Waals surface area contributed by atoms with Gasteiger partial charge in [0.15, 0.2) is 0 Å². The molecule has 182 valence electrons. The Morgan fingerprint density at radius 2 is 1.62 bits per heavy atom. The summed E-state index contributed by atoms with van der Waals surface area (Å²) in [6, 6.07) is 22.1. The molecule has 0 bridgehead atoms. The Morgan fingerprint density at radius 3 is 2.24 bits per heavy atom. The van der Waals surface area contributed by atoms with Crippen LogP contribution in [0.3, 0.4) is 0 Å². The zero-order chi connectivity index (χ0) is 23.8. The van der Waals surface area contributed by atoms with Gasteiger partial charge in [-0.05, 0) is 53.8 Å². The average molecular weight is 486 g/mol. The Labute approximate surface area is 207 Å². The average Bonchev–Trinajstić information content (AvgIpc) is 2.81. The normalized spacial score (nSPS) is 12.5. The van der Waals surface area contributed by atoms with Crippen molar-refractivity contribution in [3.8, 4) is 22.6 Å². The Bertz CT molecular complexity index is 1050. The monoisotopic (exact) mass is 485 g/mol. The summed E-state index contributed by atoms with van der Waals surface area (Å²) in [7, 11) is 0. The predicted octanol–water partition coefficient (Wildman–Crippen LogP) is 5.34. The number of rotatable bonds is 11. The molecule has 0 aliphatic carbocycles. The number of aromatic carboxylic acids is 1. The van der Waals surface area contributed by atoms with Gasteiger partial charge in [0.1, 0.15) is 29.4 Å². The Kier molecular flexibility index (Phi) is 9.93. The molecule has 0 saturated carbocycles. The van der Waals surface area contributed by atoms with Gasteiger partial charge in [0.2, 0.25) is 0 Å². The molecule has 3 N–H and O–H groups in total. The number of aliphatic hydroxyl groups is 1. The van der Waals surface area contributed by atoms with Gasteiger partial charge in [-0.2, -0.15) is 0 Å². The third-order valence-electron chi connectivity index (χ3n) is 5.15. The van der Waals surface area contributed by atoms with Crippen molar-refractivity contribution in [2.45, 2.75) is 26.5 Å². The number of carbonyl (C=O) groups is 1. The van der Waals surface area contributed by atoms with E-state index < -0.39 is 11.7 Å². The molecule has 6 nitrogen and oxygen atoms in total. The summed E-state index contributed by atoms with van der Waals surface area (Å²) in [5.74, 6) is 0.352. The third-order valence-corrected chi connectivity index (χ3v) is 5.15. The Hall–Kier alpha value is -3.06. The van der Waals surface area contributed by atoms with E-state index in [9.17, 15) is 15.0 Å². The minimum absolute atomic E-state index is 0. The number of nitrogens with one attached hydrogen (secondary N) is 1. The van der Waals surface area contributed by atoms with Crippen molar-refractivity contribution in [2.24, 2.45) is 5.92 Å². The van der Waals surface area contributed by atoms with Crippen LogP contribution in [0.5, 0.6) is 11.5 Å². The van der Waals surface area contributed by atoms with Gasteiger partial charge >= 0.3 is 5.97 Å². The highest BCUT2D eigenvalue weighted by atomic mass is 35.5. The maximum absolute atomic E-state index is 11.5. The number of ether oxygens (including phenoxy) is 2. The first kappa shape index (κ1) is 27.2. The van der Waals surface area contributed by atoms with Crippen molar-refractivity contribution < 1.29 is 24.5 Å². The number of carboxylic acids is 1. The molecular formula is C27H32ClNO5. The summed E-state index contributed by atoms with van der Waals surface area (Å²) in [5, 5.41) is 23.1. The van der Waals surface area contributed by atoms with Crippen LogP contribution < -0.4 is 14.8 Å². The molecule has 0 unspecified atom stereocenters. The third kappa shape index (κ3) is 7.48. The van der Waals surface area contributed by atoms with Crippen LogP contribution in [0.4, 0.5) is 0 Å². The molecule has 0 aliphatic heterocycles. The second-order valence-corrected chi connectivity index (χ2v) is 8.46. The molecule has 0 amide bonds. The molecule has 0 fully saturated rings. The van der Waals surface area contributed by atoms with Gasteiger partial charge in [0.05, 0.1) is 6.61 Å². The highest BCUT2D eigenvalue weighted by Gasteiger charge is 2.21. The van der Waals surface area contributed by atoms with E-state index in [1.54, 1.807) is 25.1 Å². The van der Waals surface area contributed by atoms with E-state index >= 15 is 0 Å². The standard InChI is InChI=1S/C27H31NO5.ClH/c1-19(2)18-33-25-17-21(11-14-24(25)26(29)30)20-9-12-23(13-10-20)32-16-15-28-27(3,31)22-7-5-4-6-8-22;/h4-14,17,19,28,31H,15-16,18H2,1-3H3,(H,29,30);1H/t27-;/m0./s1. The van der Waals surface area contributed by atoms with E-state index in [1.807, 2.05) is 68.4 Å². The highest BCUT2D eigenvalue weighted by Crippen LogP contribution is 2.29. The van der Waals surface area contributed by atoms with E-state index in [0.29, 0.717) is 31.3 Å². The molecular weight excluding hydrogens is 454 g/mol. The summed E-state index contributed by atoms with van der Waals surface area (Å²) in [5.41, 5.74) is 1.61. The number of hydrogen-bond acceptors (Lipinski definition) is 5. The molecule has 34 heavy (non-hydrogen) atoms. The minimum Gasteiger partial charge on any atom is -0.492 e. The molecule has 7 heteroatoms. The quantitative estimate of drug-likeness (QED) is 0.251. The lowest BCUT2D eigenvalue weighted by molar-refractivity contribution is 0.0169. The van der Waals surface area contributed by atoms with Crippen molar-refractivity contribution in [1.82, 2.24) is 5.32 Å². The smallest absolute Gasteiger partial charge is 0.339 e. The van der Waals surface area contributed by atoms with Crippen molar-refractivity contribution in [1.29, 1.82) is 0 Å². The van der Waals surface area contributed by atoms with Gasteiger partial charge in [0, 0.05) is 6.54 Å². The largest absolute Gasteiger partial charge is 0.492 e. The van der Waals surface area contributed by atoms with Crippen molar-refractivity contribution >= 4 is 18.4 Å². The van der Waals surface area contributed by atoms with E-state index in [4.69, 9.17) is 9.47 Å². The van der Waals surface area contributed by atoms with E-state index in [2.05, 4.69) is 5.32 Å². The van der Waals surface area contributed by atoms with E-state index in [1.165, 1.54) is 0 Å². The first-order valence-electron chi connectivity index (χ1n) is 11.0. The lowest BCUT2D eigenvalue weighted by atomic mass is 10.0.